The first-order chi connectivity index (χ1) is 26.6. The molecule has 2 amide bonds. The van der Waals surface area contributed by atoms with Crippen LogP contribution in [0, 0.1) is 5.92 Å². The smallest absolute Gasteiger partial charge is 0.407 e. The Kier molecular flexibility index (Phi) is 10.4. The topological polar surface area (TPSA) is 85.2 Å². The number of nitrogens with zero attached hydrogens (tertiary/aromatic N) is 2. The second kappa shape index (κ2) is 16.0. The van der Waals surface area contributed by atoms with Crippen LogP contribution in [0.1, 0.15) is 71.5 Å². The number of benzene rings is 5. The molecule has 0 unspecified atom stereocenters. The van der Waals surface area contributed by atoms with Gasteiger partial charge < -0.3 is 19.9 Å². The molecule has 0 bridgehead atoms. The van der Waals surface area contributed by atoms with E-state index in [2.05, 4.69) is 112 Å². The van der Waals surface area contributed by atoms with Gasteiger partial charge in [0.15, 0.2) is 0 Å². The zero-order valence-electron chi connectivity index (χ0n) is 30.4. The normalized spacial score (nSPS) is 14.8. The molecule has 54 heavy (non-hydrogen) atoms. The highest BCUT2D eigenvalue weighted by molar-refractivity contribution is 5.86. The second-order valence-corrected chi connectivity index (χ2v) is 14.6. The number of alkyl carbamates (subject to hydrolysis) is 1. The van der Waals surface area contributed by atoms with Crippen LogP contribution in [0.4, 0.5) is 4.79 Å². The third-order valence-electron chi connectivity index (χ3n) is 11.3. The quantitative estimate of drug-likeness (QED) is 0.124. The third kappa shape index (κ3) is 7.06. The van der Waals surface area contributed by atoms with Crippen LogP contribution >= 0.6 is 0 Å². The molecule has 7 nitrogen and oxygen atoms in total. The second-order valence-electron chi connectivity index (χ2n) is 14.6. The fourth-order valence-electron chi connectivity index (χ4n) is 8.60. The lowest BCUT2D eigenvalue weighted by atomic mass is 9.77. The number of nitrogens with one attached hydrogen (secondary N) is 2. The highest BCUT2D eigenvalue weighted by atomic mass is 16.5. The number of ether oxygens (including phenoxy) is 1. The minimum atomic E-state index is -0.882. The SMILES string of the molecule is O=C(N[C@@H](Cc1cn(C(c2ccccc2)(c2ccccc2)c2ccccc2)cn1)C(=O)NCC1CCCCC1)OCC1c2ccccc2-c2ccccc21. The van der Waals surface area contributed by atoms with Gasteiger partial charge in [0.1, 0.15) is 18.2 Å². The fourth-order valence-corrected chi connectivity index (χ4v) is 8.60. The van der Waals surface area contributed by atoms with Gasteiger partial charge in [0.05, 0.1) is 12.0 Å². The maximum Gasteiger partial charge on any atom is 0.407 e. The number of imidazole rings is 1. The van der Waals surface area contributed by atoms with Crippen LogP contribution in [0.25, 0.3) is 11.1 Å². The van der Waals surface area contributed by atoms with Crippen molar-refractivity contribution in [2.24, 2.45) is 5.92 Å². The van der Waals surface area contributed by atoms with Crippen molar-refractivity contribution in [3.63, 3.8) is 0 Å². The first-order valence-corrected chi connectivity index (χ1v) is 19.2. The number of hydrogen-bond donors (Lipinski definition) is 2. The lowest BCUT2D eigenvalue weighted by Gasteiger charge is -2.37. The third-order valence-corrected chi connectivity index (χ3v) is 11.3. The van der Waals surface area contributed by atoms with Gasteiger partial charge in [-0.2, -0.15) is 0 Å². The summed E-state index contributed by atoms with van der Waals surface area (Å²) in [7, 11) is 0. The molecule has 0 radical (unpaired) electrons. The standard InChI is InChI=1S/C47H46N4O3/c52-45(48-30-34-17-5-1-6-18-34)44(50-46(53)54-32-43-41-27-15-13-25-39(41)40-26-14-16-28-42(40)43)29-38-31-51(33-49-38)47(35-19-7-2-8-20-35,36-21-9-3-10-22-36)37-23-11-4-12-24-37/h2-4,7-16,19-28,31,33-34,43-44H,1,5-6,17-18,29-30,32H2,(H,48,52)(H,50,53)/t44-/m0/s1. The average molecular weight is 715 g/mol. The highest BCUT2D eigenvalue weighted by Gasteiger charge is 2.39. The summed E-state index contributed by atoms with van der Waals surface area (Å²) in [4.78, 5) is 32.5. The van der Waals surface area contributed by atoms with Crippen LogP contribution in [0.5, 0.6) is 0 Å². The van der Waals surface area contributed by atoms with Crippen molar-refractivity contribution in [2.75, 3.05) is 13.2 Å². The van der Waals surface area contributed by atoms with Crippen molar-refractivity contribution in [1.82, 2.24) is 20.2 Å². The van der Waals surface area contributed by atoms with E-state index in [9.17, 15) is 9.59 Å². The summed E-state index contributed by atoms with van der Waals surface area (Å²) < 4.78 is 8.06. The Morgan fingerprint density at radius 1 is 0.704 bits per heavy atom. The average Bonchev–Trinajstić information content (AvgIpc) is 3.83. The van der Waals surface area contributed by atoms with Crippen LogP contribution in [-0.2, 0) is 21.5 Å². The van der Waals surface area contributed by atoms with Crippen molar-refractivity contribution >= 4 is 12.0 Å². The van der Waals surface area contributed by atoms with Crippen molar-refractivity contribution in [3.8, 4) is 11.1 Å². The van der Waals surface area contributed by atoms with E-state index in [1.807, 2.05) is 55.0 Å². The summed E-state index contributed by atoms with van der Waals surface area (Å²) in [6, 6.07) is 46.9. The molecule has 1 saturated carbocycles. The number of amides is 2. The lowest BCUT2D eigenvalue weighted by Crippen LogP contribution is -2.49. The fraction of sp³-hybridized carbons (Fsp3) is 0.255. The van der Waals surface area contributed by atoms with Gasteiger partial charge in [-0.1, -0.05) is 159 Å². The molecule has 7 heteroatoms. The Balaban J connectivity index is 1.07. The maximum atomic E-state index is 14.0. The van der Waals surface area contributed by atoms with Gasteiger partial charge in [0.2, 0.25) is 5.91 Å². The van der Waals surface area contributed by atoms with Gasteiger partial charge in [-0.25, -0.2) is 9.78 Å². The number of carbonyl (C=O) groups is 2. The van der Waals surface area contributed by atoms with Crippen LogP contribution in [0.3, 0.4) is 0 Å². The molecule has 2 aliphatic rings. The molecule has 2 aliphatic carbocycles. The molecule has 1 fully saturated rings. The minimum absolute atomic E-state index is 0.0838. The number of rotatable bonds is 12. The molecule has 5 aromatic carbocycles. The van der Waals surface area contributed by atoms with E-state index in [1.165, 1.54) is 19.3 Å². The van der Waals surface area contributed by atoms with E-state index in [0.717, 1.165) is 51.8 Å². The zero-order chi connectivity index (χ0) is 36.7. The number of aromatic nitrogens is 2. The molecular weight excluding hydrogens is 669 g/mol. The Labute approximate surface area is 317 Å². The Morgan fingerprint density at radius 2 is 1.22 bits per heavy atom. The molecular formula is C47H46N4O3. The van der Waals surface area contributed by atoms with E-state index in [4.69, 9.17) is 9.72 Å². The molecule has 8 rings (SSSR count). The summed E-state index contributed by atoms with van der Waals surface area (Å²) in [5.41, 5.74) is 7.76. The van der Waals surface area contributed by atoms with Gasteiger partial charge in [-0.15, -0.1) is 0 Å². The molecule has 0 saturated heterocycles. The van der Waals surface area contributed by atoms with Crippen LogP contribution in [0.2, 0.25) is 0 Å². The van der Waals surface area contributed by atoms with Crippen LogP contribution in [0.15, 0.2) is 152 Å². The predicted molar refractivity (Wildman–Crippen MR) is 212 cm³/mol. The first kappa shape index (κ1) is 35.1. The Hall–Kier alpha value is -5.95. The van der Waals surface area contributed by atoms with E-state index < -0.39 is 17.7 Å². The summed E-state index contributed by atoms with van der Waals surface area (Å²) >= 11 is 0. The van der Waals surface area contributed by atoms with E-state index >= 15 is 0 Å². The summed E-state index contributed by atoms with van der Waals surface area (Å²) in [6.45, 7) is 0.758. The molecule has 1 aromatic heterocycles. The van der Waals surface area contributed by atoms with E-state index in [-0.39, 0.29) is 24.9 Å². The monoisotopic (exact) mass is 714 g/mol. The number of carbonyl (C=O) groups excluding carboxylic acids is 2. The maximum absolute atomic E-state index is 14.0. The summed E-state index contributed by atoms with van der Waals surface area (Å²) in [5.74, 6) is 0.129. The van der Waals surface area contributed by atoms with Gasteiger partial charge >= 0.3 is 6.09 Å². The number of fused-ring (bicyclic) bond motifs is 3. The van der Waals surface area contributed by atoms with Crippen LogP contribution < -0.4 is 10.6 Å². The van der Waals surface area contributed by atoms with Crippen molar-refractivity contribution in [3.05, 3.63) is 186 Å². The van der Waals surface area contributed by atoms with Crippen LogP contribution in [-0.4, -0.2) is 40.7 Å². The van der Waals surface area contributed by atoms with Gasteiger partial charge in [0.25, 0.3) is 0 Å². The van der Waals surface area contributed by atoms with Crippen molar-refractivity contribution in [1.29, 1.82) is 0 Å². The van der Waals surface area contributed by atoms with Gasteiger partial charge in [-0.05, 0) is 57.7 Å². The van der Waals surface area contributed by atoms with Crippen molar-refractivity contribution in [2.45, 2.75) is 56.0 Å². The Morgan fingerprint density at radius 3 is 1.78 bits per heavy atom. The Bertz CT molecular complexity index is 2040. The van der Waals surface area contributed by atoms with Gasteiger partial charge in [0, 0.05) is 25.1 Å². The molecule has 6 aromatic rings. The zero-order valence-corrected chi connectivity index (χ0v) is 30.4. The predicted octanol–water partition coefficient (Wildman–Crippen LogP) is 8.87. The van der Waals surface area contributed by atoms with Crippen molar-refractivity contribution < 1.29 is 14.3 Å². The van der Waals surface area contributed by atoms with E-state index in [1.54, 1.807) is 0 Å². The van der Waals surface area contributed by atoms with Gasteiger partial charge in [-0.3, -0.25) is 4.79 Å². The van der Waals surface area contributed by atoms with E-state index in [0.29, 0.717) is 18.2 Å². The first-order valence-electron chi connectivity index (χ1n) is 19.2. The molecule has 2 N–H and O–H groups in total. The molecule has 1 atom stereocenters. The summed E-state index contributed by atoms with van der Waals surface area (Å²) in [5, 5.41) is 6.12. The molecule has 0 aliphatic heterocycles. The minimum Gasteiger partial charge on any atom is -0.449 e. The largest absolute Gasteiger partial charge is 0.449 e. The molecule has 0 spiro atoms. The number of hydrogen-bond acceptors (Lipinski definition) is 4. The lowest BCUT2D eigenvalue weighted by molar-refractivity contribution is -0.123. The molecule has 1 heterocycles. The summed E-state index contributed by atoms with van der Waals surface area (Å²) in [6.07, 6.45) is 9.25. The molecule has 272 valence electrons. The highest BCUT2D eigenvalue weighted by Crippen LogP contribution is 2.45.